The van der Waals surface area contributed by atoms with E-state index >= 15 is 0 Å². The minimum Gasteiger partial charge on any atom is -0.484 e. The molecular weight excluding hydrogens is 360 g/mol. The molecule has 0 aliphatic carbocycles. The summed E-state index contributed by atoms with van der Waals surface area (Å²) >= 11 is 0. The topological polar surface area (TPSA) is 102 Å². The predicted molar refractivity (Wildman–Crippen MR) is 92.5 cm³/mol. The summed E-state index contributed by atoms with van der Waals surface area (Å²) in [5.74, 6) is -1.05. The summed E-state index contributed by atoms with van der Waals surface area (Å²) in [5, 5.41) is 1.75. The molecule has 2 saturated heterocycles. The number of esters is 1. The van der Waals surface area contributed by atoms with Crippen LogP contribution in [0.4, 0.5) is 0 Å². The second-order valence-corrected chi connectivity index (χ2v) is 7.43. The molecule has 0 radical (unpaired) electrons. The number of nitrogens with one attached hydrogen (secondary N) is 1. The Morgan fingerprint density at radius 2 is 2.04 bits per heavy atom. The van der Waals surface area contributed by atoms with Crippen molar-refractivity contribution in [2.75, 3.05) is 19.5 Å². The molecule has 2 fully saturated rings. The highest BCUT2D eigenvalue weighted by Gasteiger charge is 2.59. The van der Waals surface area contributed by atoms with Crippen LogP contribution in [0.25, 0.3) is 0 Å². The molecule has 138 valence electrons. The molecule has 2 aliphatic rings. The summed E-state index contributed by atoms with van der Waals surface area (Å²) in [4.78, 5) is 37.6. The number of fused-ring (bicyclic) bond motifs is 1. The van der Waals surface area contributed by atoms with Gasteiger partial charge >= 0.3 is 5.97 Å². The summed E-state index contributed by atoms with van der Waals surface area (Å²) in [6.45, 7) is 3.44. The zero-order valence-electron chi connectivity index (χ0n) is 14.0. The Morgan fingerprint density at radius 1 is 1.35 bits per heavy atom. The van der Waals surface area contributed by atoms with Gasteiger partial charge in [0.15, 0.2) is 12.6 Å². The molecule has 8 nitrogen and oxygen atoms in total. The van der Waals surface area contributed by atoms with Crippen molar-refractivity contribution >= 4 is 28.6 Å². The lowest BCUT2D eigenvalue weighted by atomic mass is 9.98. The normalized spacial score (nSPS) is 27.2. The molecule has 0 spiro atoms. The molecule has 3 rings (SSSR count). The molecule has 0 unspecified atom stereocenters. The van der Waals surface area contributed by atoms with E-state index in [-0.39, 0.29) is 12.4 Å². The van der Waals surface area contributed by atoms with E-state index in [1.165, 1.54) is 12.0 Å². The van der Waals surface area contributed by atoms with Crippen LogP contribution in [0.5, 0.6) is 5.75 Å². The standard InChI is InChI=1S/C17H18N2O6S/c1-10-9-26(23)16-13(15(21)19(16)14(10)17(22)24-2)18-12(20)8-25-11-6-4-3-5-7-11/h3-7,13-14,16H,1,8-9H2,2H3,(H,18,20)/t13-,14-,16-,26+/m1/s1. The van der Waals surface area contributed by atoms with Gasteiger partial charge in [0, 0.05) is 5.75 Å². The molecule has 2 amide bonds. The summed E-state index contributed by atoms with van der Waals surface area (Å²) in [7, 11) is -0.253. The minimum absolute atomic E-state index is 0.0705. The van der Waals surface area contributed by atoms with Crippen LogP contribution in [0.3, 0.4) is 0 Å². The first-order valence-corrected chi connectivity index (χ1v) is 9.24. The molecule has 1 N–H and O–H groups in total. The third kappa shape index (κ3) is 3.22. The van der Waals surface area contributed by atoms with Gasteiger partial charge in [0.25, 0.3) is 5.91 Å². The van der Waals surface area contributed by atoms with E-state index in [1.54, 1.807) is 24.3 Å². The van der Waals surface area contributed by atoms with Crippen LogP contribution < -0.4 is 10.1 Å². The predicted octanol–water partition coefficient (Wildman–Crippen LogP) is -0.421. The molecule has 26 heavy (non-hydrogen) atoms. The van der Waals surface area contributed by atoms with Crippen LogP contribution in [0, 0.1) is 0 Å². The molecule has 0 aromatic heterocycles. The third-order valence-corrected chi connectivity index (χ3v) is 5.89. The lowest BCUT2D eigenvalue weighted by Crippen LogP contribution is -2.77. The van der Waals surface area contributed by atoms with Crippen LogP contribution in [0.2, 0.25) is 0 Å². The van der Waals surface area contributed by atoms with E-state index in [0.717, 1.165) is 0 Å². The highest BCUT2D eigenvalue weighted by Crippen LogP contribution is 2.34. The van der Waals surface area contributed by atoms with Gasteiger partial charge in [0.2, 0.25) is 5.91 Å². The fourth-order valence-corrected chi connectivity index (χ4v) is 4.65. The van der Waals surface area contributed by atoms with Gasteiger partial charge in [-0.05, 0) is 17.7 Å². The Labute approximate surface area is 152 Å². The summed E-state index contributed by atoms with van der Waals surface area (Å²) < 4.78 is 22.4. The molecule has 1 aromatic rings. The smallest absolute Gasteiger partial charge is 0.332 e. The van der Waals surface area contributed by atoms with Gasteiger partial charge in [-0.3, -0.25) is 13.8 Å². The van der Waals surface area contributed by atoms with Gasteiger partial charge < -0.3 is 19.7 Å². The molecular formula is C17H18N2O6S. The maximum Gasteiger partial charge on any atom is 0.332 e. The van der Waals surface area contributed by atoms with Crippen molar-refractivity contribution in [3.63, 3.8) is 0 Å². The van der Waals surface area contributed by atoms with Crippen molar-refractivity contribution in [1.29, 1.82) is 0 Å². The molecule has 9 heteroatoms. The first-order chi connectivity index (χ1) is 12.4. The van der Waals surface area contributed by atoms with Gasteiger partial charge in [-0.2, -0.15) is 0 Å². The van der Waals surface area contributed by atoms with Gasteiger partial charge in [-0.25, -0.2) is 4.79 Å². The Hall–Kier alpha value is -2.68. The van der Waals surface area contributed by atoms with Crippen LogP contribution in [-0.2, 0) is 29.9 Å². The van der Waals surface area contributed by atoms with Crippen molar-refractivity contribution in [1.82, 2.24) is 10.2 Å². The van der Waals surface area contributed by atoms with Crippen LogP contribution in [-0.4, -0.2) is 63.8 Å². The summed E-state index contributed by atoms with van der Waals surface area (Å²) in [6, 6.07) is 6.83. The molecule has 0 saturated carbocycles. The summed E-state index contributed by atoms with van der Waals surface area (Å²) in [5.41, 5.74) is 0.358. The quantitative estimate of drug-likeness (QED) is 0.424. The second-order valence-electron chi connectivity index (χ2n) is 5.89. The van der Waals surface area contributed by atoms with Crippen molar-refractivity contribution < 1.29 is 28.1 Å². The van der Waals surface area contributed by atoms with Crippen LogP contribution >= 0.6 is 0 Å². The number of nitrogens with zero attached hydrogens (tertiary/aromatic N) is 1. The average Bonchev–Trinajstić information content (AvgIpc) is 2.64. The van der Waals surface area contributed by atoms with Gasteiger partial charge in [0.1, 0.15) is 17.2 Å². The molecule has 2 aliphatic heterocycles. The number of hydrogen-bond donors (Lipinski definition) is 1. The molecule has 2 heterocycles. The van der Waals surface area contributed by atoms with Gasteiger partial charge in [0.05, 0.1) is 17.9 Å². The molecule has 0 bridgehead atoms. The Kier molecular flexibility index (Phi) is 5.08. The molecule has 1 aromatic carbocycles. The van der Waals surface area contributed by atoms with Crippen molar-refractivity contribution in [2.45, 2.75) is 17.5 Å². The van der Waals surface area contributed by atoms with Gasteiger partial charge in [-0.15, -0.1) is 0 Å². The number of β-lactam (4-membered cyclic amide) rings is 1. The number of benzene rings is 1. The second kappa shape index (κ2) is 7.28. The van der Waals surface area contributed by atoms with E-state index in [4.69, 9.17) is 9.47 Å². The average molecular weight is 378 g/mol. The number of carbonyl (C=O) groups is 3. The highest BCUT2D eigenvalue weighted by molar-refractivity contribution is 7.86. The number of ether oxygens (including phenoxy) is 2. The Balaban J connectivity index is 1.64. The number of para-hydroxylation sites is 1. The fourth-order valence-electron chi connectivity index (χ4n) is 2.99. The van der Waals surface area contributed by atoms with E-state index in [0.29, 0.717) is 11.3 Å². The fraction of sp³-hybridized carbons (Fsp3) is 0.353. The van der Waals surface area contributed by atoms with Crippen LogP contribution in [0.15, 0.2) is 42.5 Å². The maximum atomic E-state index is 12.4. The lowest BCUT2D eigenvalue weighted by Gasteiger charge is -2.52. The van der Waals surface area contributed by atoms with Crippen molar-refractivity contribution in [3.8, 4) is 5.75 Å². The number of methoxy groups -OCH3 is 1. The Morgan fingerprint density at radius 3 is 2.69 bits per heavy atom. The number of amides is 2. The largest absolute Gasteiger partial charge is 0.484 e. The van der Waals surface area contributed by atoms with Crippen molar-refractivity contribution in [2.24, 2.45) is 0 Å². The SMILES string of the molecule is C=C1C[S@](=O)[C@@H]2[C@H](NC(=O)COc3ccccc3)C(=O)N2[C@H]1C(=O)OC. The van der Waals surface area contributed by atoms with Gasteiger partial charge in [-0.1, -0.05) is 24.8 Å². The van der Waals surface area contributed by atoms with E-state index in [9.17, 15) is 18.6 Å². The highest BCUT2D eigenvalue weighted by atomic mass is 32.2. The van der Waals surface area contributed by atoms with Crippen LogP contribution in [0.1, 0.15) is 0 Å². The zero-order chi connectivity index (χ0) is 18.8. The third-order valence-electron chi connectivity index (χ3n) is 4.20. The van der Waals surface area contributed by atoms with E-state index in [1.807, 2.05) is 6.07 Å². The minimum atomic E-state index is -1.46. The first-order valence-electron chi connectivity index (χ1n) is 7.86. The molecule has 4 atom stereocenters. The van der Waals surface area contributed by atoms with E-state index < -0.39 is 46.0 Å². The maximum absolute atomic E-state index is 12.4. The van der Waals surface area contributed by atoms with E-state index in [2.05, 4.69) is 11.9 Å². The van der Waals surface area contributed by atoms with Crippen molar-refractivity contribution in [3.05, 3.63) is 42.5 Å². The monoisotopic (exact) mass is 378 g/mol. The Bertz CT molecular complexity index is 781. The summed E-state index contributed by atoms with van der Waals surface area (Å²) in [6.07, 6.45) is 0. The number of carbonyl (C=O) groups excluding carboxylic acids is 3. The first kappa shape index (κ1) is 18.1. The number of rotatable bonds is 5. The lowest BCUT2D eigenvalue weighted by molar-refractivity contribution is -0.162. The number of hydrogen-bond acceptors (Lipinski definition) is 6. The zero-order valence-corrected chi connectivity index (χ0v) is 14.9.